The first-order valence-corrected chi connectivity index (χ1v) is 5.71. The third-order valence-electron chi connectivity index (χ3n) is 2.91. The Bertz CT molecular complexity index is 459. The standard InChI is InChI=1S/C13H19N3/c1-14-7-8-15-10-12-9-11-5-3-4-6-13(11)16(12)2/h3-6,9,14-15H,7-8,10H2,1-2H3. The van der Waals surface area contributed by atoms with Crippen LogP contribution >= 0.6 is 0 Å². The predicted molar refractivity (Wildman–Crippen MR) is 68.6 cm³/mol. The van der Waals surface area contributed by atoms with Crippen LogP contribution in [0.2, 0.25) is 0 Å². The molecule has 0 saturated heterocycles. The van der Waals surface area contributed by atoms with Gasteiger partial charge in [-0.1, -0.05) is 18.2 Å². The maximum atomic E-state index is 3.42. The van der Waals surface area contributed by atoms with Gasteiger partial charge in [0.1, 0.15) is 0 Å². The zero-order valence-corrected chi connectivity index (χ0v) is 9.96. The van der Waals surface area contributed by atoms with E-state index in [0.717, 1.165) is 19.6 Å². The van der Waals surface area contributed by atoms with Gasteiger partial charge in [-0.15, -0.1) is 0 Å². The van der Waals surface area contributed by atoms with Crippen LogP contribution in [0, 0.1) is 0 Å². The van der Waals surface area contributed by atoms with Gasteiger partial charge in [0.25, 0.3) is 0 Å². The lowest BCUT2D eigenvalue weighted by Crippen LogP contribution is -2.25. The van der Waals surface area contributed by atoms with Crippen molar-refractivity contribution in [3.63, 3.8) is 0 Å². The summed E-state index contributed by atoms with van der Waals surface area (Å²) in [4.78, 5) is 0. The molecule has 0 bridgehead atoms. The fraction of sp³-hybridized carbons (Fsp3) is 0.385. The highest BCUT2D eigenvalue weighted by atomic mass is 15.0. The Morgan fingerprint density at radius 1 is 1.19 bits per heavy atom. The van der Waals surface area contributed by atoms with Gasteiger partial charge in [-0.3, -0.25) is 0 Å². The van der Waals surface area contributed by atoms with Crippen LogP contribution in [0.1, 0.15) is 5.69 Å². The van der Waals surface area contributed by atoms with Gasteiger partial charge in [-0.2, -0.15) is 0 Å². The molecule has 3 heteroatoms. The largest absolute Gasteiger partial charge is 0.346 e. The number of benzene rings is 1. The smallest absolute Gasteiger partial charge is 0.0480 e. The van der Waals surface area contributed by atoms with Crippen LogP contribution in [0.25, 0.3) is 10.9 Å². The molecule has 0 amide bonds. The second-order valence-corrected chi connectivity index (χ2v) is 4.03. The Kier molecular flexibility index (Phi) is 3.59. The molecule has 0 saturated carbocycles. The van der Waals surface area contributed by atoms with Crippen LogP contribution < -0.4 is 10.6 Å². The van der Waals surface area contributed by atoms with E-state index in [0.29, 0.717) is 0 Å². The van der Waals surface area contributed by atoms with Gasteiger partial charge in [-0.05, 0) is 24.6 Å². The second kappa shape index (κ2) is 5.14. The average Bonchev–Trinajstić information content (AvgIpc) is 2.63. The van der Waals surface area contributed by atoms with E-state index in [-0.39, 0.29) is 0 Å². The highest BCUT2D eigenvalue weighted by molar-refractivity contribution is 5.81. The van der Waals surface area contributed by atoms with Crippen LogP contribution in [-0.4, -0.2) is 24.7 Å². The molecule has 1 heterocycles. The van der Waals surface area contributed by atoms with Crippen molar-refractivity contribution in [1.29, 1.82) is 0 Å². The summed E-state index contributed by atoms with van der Waals surface area (Å²) >= 11 is 0. The molecule has 1 aromatic carbocycles. The molecule has 0 aliphatic carbocycles. The SMILES string of the molecule is CNCCNCc1cc2ccccc2n1C. The predicted octanol–water partition coefficient (Wildman–Crippen LogP) is 1.49. The summed E-state index contributed by atoms with van der Waals surface area (Å²) in [6.45, 7) is 2.93. The Morgan fingerprint density at radius 2 is 2.00 bits per heavy atom. The molecule has 3 nitrogen and oxygen atoms in total. The van der Waals surface area contributed by atoms with Gasteiger partial charge in [0.15, 0.2) is 0 Å². The first kappa shape index (κ1) is 11.2. The molecule has 0 unspecified atom stereocenters. The van der Waals surface area contributed by atoms with Gasteiger partial charge in [-0.25, -0.2) is 0 Å². The fourth-order valence-corrected chi connectivity index (χ4v) is 1.95. The highest BCUT2D eigenvalue weighted by Crippen LogP contribution is 2.17. The lowest BCUT2D eigenvalue weighted by Gasteiger charge is -2.06. The van der Waals surface area contributed by atoms with Crippen LogP contribution in [0.3, 0.4) is 0 Å². The Balaban J connectivity index is 2.09. The number of fused-ring (bicyclic) bond motifs is 1. The molecule has 0 spiro atoms. The number of hydrogen-bond acceptors (Lipinski definition) is 2. The molecule has 2 rings (SSSR count). The van der Waals surface area contributed by atoms with Crippen LogP contribution in [0.4, 0.5) is 0 Å². The van der Waals surface area contributed by atoms with E-state index in [1.807, 2.05) is 7.05 Å². The Hall–Kier alpha value is -1.32. The summed E-state index contributed by atoms with van der Waals surface area (Å²) in [5, 5.41) is 7.86. The van der Waals surface area contributed by atoms with Crippen LogP contribution in [-0.2, 0) is 13.6 Å². The number of nitrogens with zero attached hydrogens (tertiary/aromatic N) is 1. The van der Waals surface area contributed by atoms with Crippen molar-refractivity contribution in [2.75, 3.05) is 20.1 Å². The summed E-state index contributed by atoms with van der Waals surface area (Å²) in [5.74, 6) is 0. The van der Waals surface area contributed by atoms with Gasteiger partial charge in [0.2, 0.25) is 0 Å². The lowest BCUT2D eigenvalue weighted by atomic mass is 10.2. The van der Waals surface area contributed by atoms with Crippen LogP contribution in [0.5, 0.6) is 0 Å². The van der Waals surface area contributed by atoms with Gasteiger partial charge in [0, 0.05) is 37.9 Å². The van der Waals surface area contributed by atoms with Crippen molar-refractivity contribution in [1.82, 2.24) is 15.2 Å². The van der Waals surface area contributed by atoms with Gasteiger partial charge in [0.05, 0.1) is 0 Å². The second-order valence-electron chi connectivity index (χ2n) is 4.03. The number of aryl methyl sites for hydroxylation is 1. The molecule has 2 aromatic rings. The number of rotatable bonds is 5. The normalized spacial score (nSPS) is 11.1. The Labute approximate surface area is 96.5 Å². The number of nitrogens with one attached hydrogen (secondary N) is 2. The first-order valence-electron chi connectivity index (χ1n) is 5.71. The van der Waals surface area contributed by atoms with E-state index in [4.69, 9.17) is 0 Å². The third kappa shape index (κ3) is 2.26. The van der Waals surface area contributed by atoms with E-state index in [9.17, 15) is 0 Å². The number of para-hydroxylation sites is 1. The Morgan fingerprint density at radius 3 is 2.75 bits per heavy atom. The minimum atomic E-state index is 0.923. The molecule has 1 aromatic heterocycles. The lowest BCUT2D eigenvalue weighted by molar-refractivity contribution is 0.631. The minimum Gasteiger partial charge on any atom is -0.346 e. The summed E-state index contributed by atoms with van der Waals surface area (Å²) in [5.41, 5.74) is 2.63. The molecule has 86 valence electrons. The van der Waals surface area contributed by atoms with Crippen molar-refractivity contribution in [2.45, 2.75) is 6.54 Å². The van der Waals surface area contributed by atoms with Crippen molar-refractivity contribution < 1.29 is 0 Å². The molecule has 0 atom stereocenters. The van der Waals surface area contributed by atoms with E-state index in [1.54, 1.807) is 0 Å². The molecule has 0 fully saturated rings. The highest BCUT2D eigenvalue weighted by Gasteiger charge is 2.03. The van der Waals surface area contributed by atoms with Crippen molar-refractivity contribution in [2.24, 2.45) is 7.05 Å². The summed E-state index contributed by atoms with van der Waals surface area (Å²) in [7, 11) is 4.09. The number of hydrogen-bond donors (Lipinski definition) is 2. The molecular weight excluding hydrogens is 198 g/mol. The van der Waals surface area contributed by atoms with Crippen LogP contribution in [0.15, 0.2) is 30.3 Å². The monoisotopic (exact) mass is 217 g/mol. The zero-order chi connectivity index (χ0) is 11.4. The third-order valence-corrected chi connectivity index (χ3v) is 2.91. The van der Waals surface area contributed by atoms with E-state index in [2.05, 4.69) is 52.6 Å². The van der Waals surface area contributed by atoms with Gasteiger partial charge < -0.3 is 15.2 Å². The van der Waals surface area contributed by atoms with E-state index in [1.165, 1.54) is 16.6 Å². The average molecular weight is 217 g/mol. The van der Waals surface area contributed by atoms with Gasteiger partial charge >= 0.3 is 0 Å². The summed E-state index contributed by atoms with van der Waals surface area (Å²) in [6.07, 6.45) is 0. The zero-order valence-electron chi connectivity index (χ0n) is 9.96. The van der Waals surface area contributed by atoms with Crippen molar-refractivity contribution in [3.8, 4) is 0 Å². The van der Waals surface area contributed by atoms with Crippen molar-refractivity contribution in [3.05, 3.63) is 36.0 Å². The minimum absolute atomic E-state index is 0.923. The summed E-state index contributed by atoms with van der Waals surface area (Å²) in [6, 6.07) is 10.7. The molecule has 0 aliphatic rings. The van der Waals surface area contributed by atoms with Crippen molar-refractivity contribution >= 4 is 10.9 Å². The first-order chi connectivity index (χ1) is 7.83. The van der Waals surface area contributed by atoms with E-state index < -0.39 is 0 Å². The number of likely N-dealkylation sites (N-methyl/N-ethyl adjacent to an activating group) is 1. The molecule has 2 N–H and O–H groups in total. The molecule has 16 heavy (non-hydrogen) atoms. The molecular formula is C13H19N3. The number of aromatic nitrogens is 1. The summed E-state index contributed by atoms with van der Waals surface area (Å²) < 4.78 is 2.25. The maximum Gasteiger partial charge on any atom is 0.0480 e. The quantitative estimate of drug-likeness (QED) is 0.743. The van der Waals surface area contributed by atoms with E-state index >= 15 is 0 Å². The molecule has 0 radical (unpaired) electrons. The maximum absolute atomic E-state index is 3.42. The topological polar surface area (TPSA) is 29.0 Å². The fourth-order valence-electron chi connectivity index (χ4n) is 1.95. The molecule has 0 aliphatic heterocycles.